The maximum atomic E-state index is 12.4. The monoisotopic (exact) mass is 176 g/mol. The van der Waals surface area contributed by atoms with Gasteiger partial charge in [-0.25, -0.2) is 4.79 Å². The number of aliphatic carboxylic acids is 1. The van der Waals surface area contributed by atoms with Gasteiger partial charge in [-0.3, -0.25) is 4.68 Å². The van der Waals surface area contributed by atoms with Crippen molar-refractivity contribution in [3.05, 3.63) is 18.5 Å². The Morgan fingerprint density at radius 2 is 2.33 bits per heavy atom. The normalized spacial score (nSPS) is 11.5. The predicted molar refractivity (Wildman–Crippen MR) is 34.8 cm³/mol. The first-order chi connectivity index (χ1) is 5.52. The molecule has 1 aromatic rings. The average Bonchev–Trinajstić information content (AvgIpc) is 2.38. The van der Waals surface area contributed by atoms with Gasteiger partial charge in [0.15, 0.2) is 0 Å². The summed E-state index contributed by atoms with van der Waals surface area (Å²) in [7, 11) is 0. The summed E-state index contributed by atoms with van der Waals surface area (Å²) in [5.74, 6) is -5.90. The molecule has 0 bridgehead atoms. The molecule has 0 radical (unpaired) electrons. The van der Waals surface area contributed by atoms with Gasteiger partial charge in [-0.1, -0.05) is 0 Å². The highest BCUT2D eigenvalue weighted by Crippen LogP contribution is 2.15. The van der Waals surface area contributed by atoms with Crippen molar-refractivity contribution in [2.75, 3.05) is 0 Å². The van der Waals surface area contributed by atoms with Crippen molar-refractivity contribution < 1.29 is 18.7 Å². The van der Waals surface area contributed by atoms with Gasteiger partial charge in [0.1, 0.15) is 6.54 Å². The van der Waals surface area contributed by atoms with Crippen molar-refractivity contribution in [3.63, 3.8) is 0 Å². The molecule has 0 saturated heterocycles. The van der Waals surface area contributed by atoms with E-state index < -0.39 is 18.4 Å². The summed E-state index contributed by atoms with van der Waals surface area (Å²) < 4.78 is 25.8. The van der Waals surface area contributed by atoms with E-state index in [2.05, 4.69) is 5.10 Å². The topological polar surface area (TPSA) is 55.1 Å². The lowest BCUT2D eigenvalue weighted by molar-refractivity contribution is -0.167. The lowest BCUT2D eigenvalue weighted by Gasteiger charge is -2.09. The molecule has 0 aliphatic rings. The minimum Gasteiger partial charge on any atom is -0.477 e. The molecular formula is C6H6F2N2O2. The second-order valence-corrected chi connectivity index (χ2v) is 2.21. The smallest absolute Gasteiger partial charge is 0.376 e. The molecule has 0 aromatic carbocycles. The van der Waals surface area contributed by atoms with E-state index in [0.717, 1.165) is 4.68 Å². The zero-order chi connectivity index (χ0) is 9.19. The lowest BCUT2D eigenvalue weighted by Crippen LogP contribution is -2.33. The Morgan fingerprint density at radius 1 is 1.67 bits per heavy atom. The van der Waals surface area contributed by atoms with E-state index in [4.69, 9.17) is 5.11 Å². The van der Waals surface area contributed by atoms with Gasteiger partial charge < -0.3 is 5.11 Å². The zero-order valence-electron chi connectivity index (χ0n) is 5.94. The summed E-state index contributed by atoms with van der Waals surface area (Å²) >= 11 is 0. The fraction of sp³-hybridized carbons (Fsp3) is 0.333. The van der Waals surface area contributed by atoms with Gasteiger partial charge in [-0.2, -0.15) is 13.9 Å². The third kappa shape index (κ3) is 1.77. The number of alkyl halides is 2. The summed E-state index contributed by atoms with van der Waals surface area (Å²) in [6, 6.07) is 1.44. The van der Waals surface area contributed by atoms with Gasteiger partial charge in [-0.05, 0) is 6.07 Å². The number of carbonyl (C=O) groups is 1. The fourth-order valence-electron chi connectivity index (χ4n) is 0.665. The molecule has 0 atom stereocenters. The molecular weight excluding hydrogens is 170 g/mol. The molecule has 6 heteroatoms. The van der Waals surface area contributed by atoms with Crippen LogP contribution in [-0.4, -0.2) is 26.8 Å². The minimum atomic E-state index is -3.76. The van der Waals surface area contributed by atoms with E-state index in [1.807, 2.05) is 0 Å². The third-order valence-electron chi connectivity index (χ3n) is 1.23. The van der Waals surface area contributed by atoms with Crippen LogP contribution in [-0.2, 0) is 11.3 Å². The van der Waals surface area contributed by atoms with Crippen LogP contribution in [0.2, 0.25) is 0 Å². The Kier molecular flexibility index (Phi) is 2.07. The third-order valence-corrected chi connectivity index (χ3v) is 1.23. The number of carboxylic acid groups (broad SMARTS) is 1. The summed E-state index contributed by atoms with van der Waals surface area (Å²) in [4.78, 5) is 9.96. The molecule has 0 amide bonds. The van der Waals surface area contributed by atoms with E-state index in [0.29, 0.717) is 0 Å². The summed E-state index contributed by atoms with van der Waals surface area (Å²) in [6.07, 6.45) is 2.58. The molecule has 0 saturated carbocycles. The standard InChI is InChI=1S/C6H6F2N2O2/c7-6(8,5(11)12)4-10-3-1-2-9-10/h1-3H,4H2,(H,11,12). The molecule has 1 aromatic heterocycles. The van der Waals surface area contributed by atoms with Crippen molar-refractivity contribution >= 4 is 5.97 Å². The highest BCUT2D eigenvalue weighted by molar-refractivity contribution is 5.75. The van der Waals surface area contributed by atoms with Gasteiger partial charge in [0.25, 0.3) is 0 Å². The van der Waals surface area contributed by atoms with Crippen LogP contribution in [0.15, 0.2) is 18.5 Å². The van der Waals surface area contributed by atoms with Gasteiger partial charge in [-0.15, -0.1) is 0 Å². The van der Waals surface area contributed by atoms with Crippen molar-refractivity contribution in [1.29, 1.82) is 0 Å². The molecule has 0 spiro atoms. The molecule has 1 rings (SSSR count). The van der Waals surface area contributed by atoms with Gasteiger partial charge in [0, 0.05) is 12.4 Å². The number of hydrogen-bond donors (Lipinski definition) is 1. The van der Waals surface area contributed by atoms with E-state index in [1.54, 1.807) is 0 Å². The van der Waals surface area contributed by atoms with Crippen LogP contribution < -0.4 is 0 Å². The van der Waals surface area contributed by atoms with Gasteiger partial charge in [0.2, 0.25) is 0 Å². The molecule has 0 unspecified atom stereocenters. The second kappa shape index (κ2) is 2.88. The Labute approximate surface area is 66.4 Å². The summed E-state index contributed by atoms with van der Waals surface area (Å²) in [5.41, 5.74) is 0. The van der Waals surface area contributed by atoms with Gasteiger partial charge >= 0.3 is 11.9 Å². The maximum absolute atomic E-state index is 12.4. The number of nitrogens with zero attached hydrogens (tertiary/aromatic N) is 2. The van der Waals surface area contributed by atoms with Crippen LogP contribution in [0.25, 0.3) is 0 Å². The first-order valence-corrected chi connectivity index (χ1v) is 3.11. The molecule has 0 aliphatic heterocycles. The quantitative estimate of drug-likeness (QED) is 0.733. The fourth-order valence-corrected chi connectivity index (χ4v) is 0.665. The molecule has 66 valence electrons. The van der Waals surface area contributed by atoms with Crippen LogP contribution in [0, 0.1) is 0 Å². The first-order valence-electron chi connectivity index (χ1n) is 3.11. The zero-order valence-corrected chi connectivity index (χ0v) is 5.94. The highest BCUT2D eigenvalue weighted by Gasteiger charge is 2.39. The Bertz CT molecular complexity index is 271. The number of aromatic nitrogens is 2. The SMILES string of the molecule is O=C(O)C(F)(F)Cn1cccn1. The van der Waals surface area contributed by atoms with Crippen LogP contribution >= 0.6 is 0 Å². The van der Waals surface area contributed by atoms with E-state index >= 15 is 0 Å². The largest absolute Gasteiger partial charge is 0.477 e. The average molecular weight is 176 g/mol. The van der Waals surface area contributed by atoms with E-state index in [-0.39, 0.29) is 0 Å². The van der Waals surface area contributed by atoms with Crippen molar-refractivity contribution in [2.24, 2.45) is 0 Å². The van der Waals surface area contributed by atoms with E-state index in [1.165, 1.54) is 18.5 Å². The number of carboxylic acids is 1. The van der Waals surface area contributed by atoms with Crippen molar-refractivity contribution in [3.8, 4) is 0 Å². The van der Waals surface area contributed by atoms with Crippen molar-refractivity contribution in [2.45, 2.75) is 12.5 Å². The van der Waals surface area contributed by atoms with Crippen LogP contribution in [0.4, 0.5) is 8.78 Å². The van der Waals surface area contributed by atoms with Crippen LogP contribution in [0.3, 0.4) is 0 Å². The summed E-state index contributed by atoms with van der Waals surface area (Å²) in [5, 5.41) is 11.5. The Hall–Kier alpha value is -1.46. The molecule has 0 fully saturated rings. The van der Waals surface area contributed by atoms with Crippen LogP contribution in [0.1, 0.15) is 0 Å². The molecule has 0 aliphatic carbocycles. The number of hydrogen-bond acceptors (Lipinski definition) is 2. The molecule has 1 heterocycles. The second-order valence-electron chi connectivity index (χ2n) is 2.21. The number of halogens is 2. The van der Waals surface area contributed by atoms with Crippen molar-refractivity contribution in [1.82, 2.24) is 9.78 Å². The first kappa shape index (κ1) is 8.63. The Balaban J connectivity index is 2.69. The highest BCUT2D eigenvalue weighted by atomic mass is 19.3. The van der Waals surface area contributed by atoms with Gasteiger partial charge in [0.05, 0.1) is 0 Å². The molecule has 4 nitrogen and oxygen atoms in total. The predicted octanol–water partition coefficient (Wildman–Crippen LogP) is 0.603. The number of rotatable bonds is 3. The van der Waals surface area contributed by atoms with Crippen LogP contribution in [0.5, 0.6) is 0 Å². The van der Waals surface area contributed by atoms with E-state index in [9.17, 15) is 13.6 Å². The lowest BCUT2D eigenvalue weighted by atomic mass is 10.3. The molecule has 12 heavy (non-hydrogen) atoms. The maximum Gasteiger partial charge on any atom is 0.376 e. The Morgan fingerprint density at radius 3 is 2.75 bits per heavy atom. The molecule has 1 N–H and O–H groups in total. The minimum absolute atomic E-state index is 0.869. The summed E-state index contributed by atoms with van der Waals surface area (Å²) in [6.45, 7) is -0.935.